The fourth-order valence-corrected chi connectivity index (χ4v) is 8.80. The molecule has 2 heterocycles. The highest BCUT2D eigenvalue weighted by atomic mass is 15.1. The van der Waals surface area contributed by atoms with E-state index in [-0.39, 0.29) is 0 Å². The van der Waals surface area contributed by atoms with Gasteiger partial charge in [-0.2, -0.15) is 0 Å². The number of hydrogen-bond acceptors (Lipinski definition) is 3. The van der Waals surface area contributed by atoms with Crippen LogP contribution in [0.15, 0.2) is 237 Å². The molecule has 0 radical (unpaired) electrons. The Bertz CT molecular complexity index is 3320. The minimum atomic E-state index is 0.715. The molecule has 0 bridgehead atoms. The zero-order valence-electron chi connectivity index (χ0n) is 34.8. The highest BCUT2D eigenvalue weighted by Gasteiger charge is 2.16. The molecule has 0 aliphatic heterocycles. The van der Waals surface area contributed by atoms with E-state index in [2.05, 4.69) is 217 Å². The topological polar surface area (TPSA) is 34.0 Å². The van der Waals surface area contributed by atoms with Crippen LogP contribution in [-0.2, 0) is 0 Å². The molecule has 0 spiro atoms. The maximum Gasteiger partial charge on any atom is 0.160 e. The number of fused-ring (bicyclic) bond motifs is 3. The van der Waals surface area contributed by atoms with Gasteiger partial charge < -0.3 is 9.47 Å². The van der Waals surface area contributed by atoms with Crippen LogP contribution in [0.3, 0.4) is 0 Å². The first kappa shape index (κ1) is 37.6. The van der Waals surface area contributed by atoms with Crippen LogP contribution in [0.25, 0.3) is 94.8 Å². The monoisotopic (exact) mass is 806 g/mol. The van der Waals surface area contributed by atoms with Crippen molar-refractivity contribution < 1.29 is 0 Å². The fraction of sp³-hybridized carbons (Fsp3) is 0.0169. The molecule has 63 heavy (non-hydrogen) atoms. The van der Waals surface area contributed by atoms with Gasteiger partial charge in [-0.25, -0.2) is 9.97 Å². The minimum Gasteiger partial charge on any atom is -0.344 e. The predicted molar refractivity (Wildman–Crippen MR) is 263 cm³/mol. The number of hydrogen-bond donors (Lipinski definition) is 0. The third kappa shape index (κ3) is 7.24. The van der Waals surface area contributed by atoms with Gasteiger partial charge in [-0.3, -0.25) is 0 Å². The van der Waals surface area contributed by atoms with E-state index >= 15 is 0 Å². The Labute approximate surface area is 367 Å². The molecule has 0 fully saturated rings. The quantitative estimate of drug-likeness (QED) is 0.146. The lowest BCUT2D eigenvalue weighted by Crippen LogP contribution is -2.10. The number of rotatable bonds is 9. The molecule has 0 aliphatic rings. The Morgan fingerprint density at radius 1 is 0.349 bits per heavy atom. The molecule has 0 atom stereocenters. The Kier molecular flexibility index (Phi) is 9.72. The van der Waals surface area contributed by atoms with E-state index in [1.54, 1.807) is 0 Å². The van der Waals surface area contributed by atoms with Crippen molar-refractivity contribution in [2.45, 2.75) is 0 Å². The van der Waals surface area contributed by atoms with Crippen LogP contribution >= 0.6 is 0 Å². The Balaban J connectivity index is 0.866. The lowest BCUT2D eigenvalue weighted by molar-refractivity contribution is 1.18. The van der Waals surface area contributed by atoms with Gasteiger partial charge in [0.2, 0.25) is 0 Å². The molecule has 4 heteroatoms. The smallest absolute Gasteiger partial charge is 0.160 e. The summed E-state index contributed by atoms with van der Waals surface area (Å²) >= 11 is 0. The Morgan fingerprint density at radius 3 is 1.57 bits per heavy atom. The second kappa shape index (κ2) is 16.3. The van der Waals surface area contributed by atoms with Gasteiger partial charge in [0.25, 0.3) is 0 Å². The van der Waals surface area contributed by atoms with E-state index in [4.69, 9.17) is 9.97 Å². The van der Waals surface area contributed by atoms with Crippen LogP contribution in [0.4, 0.5) is 11.4 Å². The van der Waals surface area contributed by atoms with Gasteiger partial charge in [-0.1, -0.05) is 182 Å². The molecule has 4 nitrogen and oxygen atoms in total. The molecular weight excluding hydrogens is 765 g/mol. The average Bonchev–Trinajstić information content (AvgIpc) is 3.70. The van der Waals surface area contributed by atoms with E-state index in [9.17, 15) is 0 Å². The summed E-state index contributed by atoms with van der Waals surface area (Å²) in [6, 6.07) is 83.9. The molecule has 11 aromatic rings. The van der Waals surface area contributed by atoms with E-state index in [0.717, 1.165) is 61.8 Å². The van der Waals surface area contributed by atoms with Crippen molar-refractivity contribution in [1.82, 2.24) is 14.5 Å². The molecule has 298 valence electrons. The summed E-state index contributed by atoms with van der Waals surface area (Å²) in [6.07, 6.45) is 0. The first-order valence-electron chi connectivity index (χ1n) is 21.4. The zero-order chi connectivity index (χ0) is 42.1. The number of benzene rings is 9. The molecule has 9 aromatic carbocycles. The van der Waals surface area contributed by atoms with Crippen LogP contribution in [0.1, 0.15) is 0 Å². The summed E-state index contributed by atoms with van der Waals surface area (Å²) in [5.41, 5.74) is 17.8. The number of anilines is 2. The van der Waals surface area contributed by atoms with Gasteiger partial charge in [0.1, 0.15) is 0 Å². The van der Waals surface area contributed by atoms with Crippen LogP contribution in [0.2, 0.25) is 0 Å². The normalized spacial score (nSPS) is 11.3. The second-order valence-electron chi connectivity index (χ2n) is 15.9. The van der Waals surface area contributed by atoms with E-state index in [1.807, 2.05) is 36.4 Å². The summed E-state index contributed by atoms with van der Waals surface area (Å²) in [5, 5.41) is 2.50. The fourth-order valence-electron chi connectivity index (χ4n) is 8.80. The van der Waals surface area contributed by atoms with Gasteiger partial charge in [0.05, 0.1) is 22.4 Å². The van der Waals surface area contributed by atoms with Crippen LogP contribution in [-0.4, -0.2) is 21.6 Å². The van der Waals surface area contributed by atoms with Crippen LogP contribution < -0.4 is 4.90 Å². The Morgan fingerprint density at radius 2 is 0.857 bits per heavy atom. The molecule has 11 rings (SSSR count). The van der Waals surface area contributed by atoms with E-state index < -0.39 is 0 Å². The third-order valence-electron chi connectivity index (χ3n) is 12.1. The number of para-hydroxylation sites is 3. The van der Waals surface area contributed by atoms with Gasteiger partial charge in [-0.15, -0.1) is 0 Å². The summed E-state index contributed by atoms with van der Waals surface area (Å²) in [7, 11) is 2.16. The second-order valence-corrected chi connectivity index (χ2v) is 15.9. The van der Waals surface area contributed by atoms with Crippen molar-refractivity contribution in [1.29, 1.82) is 0 Å². The average molecular weight is 807 g/mol. The molecule has 0 N–H and O–H groups in total. The zero-order valence-corrected chi connectivity index (χ0v) is 34.8. The molecule has 0 saturated carbocycles. The minimum absolute atomic E-state index is 0.715. The van der Waals surface area contributed by atoms with Crippen molar-refractivity contribution in [3.05, 3.63) is 237 Å². The summed E-state index contributed by atoms with van der Waals surface area (Å²) in [4.78, 5) is 12.3. The molecular formula is C59H42N4. The number of aromatic nitrogens is 3. The van der Waals surface area contributed by atoms with E-state index in [0.29, 0.717) is 5.82 Å². The Hall–Kier alpha value is -8.34. The molecule has 0 amide bonds. The van der Waals surface area contributed by atoms with Crippen LogP contribution in [0, 0.1) is 0 Å². The standard InChI is InChI=1S/C59H42N4/c1-62(50-23-15-20-47(38-50)48-36-37-58-53(39-48)52-25-12-14-27-57(52)63(58)49-21-9-4-10-22-49)56-26-13-11-24-51(56)43-32-28-41(29-33-43)42-30-34-45(35-31-42)55-40-54(44-16-5-2-6-17-44)60-59(61-55)46-18-7-3-8-19-46/h2-40H,1H3. The lowest BCUT2D eigenvalue weighted by atomic mass is 9.97. The summed E-state index contributed by atoms with van der Waals surface area (Å²) in [5.74, 6) is 0.715. The van der Waals surface area contributed by atoms with Gasteiger partial charge >= 0.3 is 0 Å². The highest BCUT2D eigenvalue weighted by molar-refractivity contribution is 6.10. The van der Waals surface area contributed by atoms with Crippen LogP contribution in [0.5, 0.6) is 0 Å². The van der Waals surface area contributed by atoms with Crippen molar-refractivity contribution in [2.24, 2.45) is 0 Å². The van der Waals surface area contributed by atoms with E-state index in [1.165, 1.54) is 38.5 Å². The largest absolute Gasteiger partial charge is 0.344 e. The van der Waals surface area contributed by atoms with Crippen molar-refractivity contribution in [3.63, 3.8) is 0 Å². The summed E-state index contributed by atoms with van der Waals surface area (Å²) < 4.78 is 2.36. The number of nitrogens with zero attached hydrogens (tertiary/aromatic N) is 4. The molecule has 0 aliphatic carbocycles. The highest BCUT2D eigenvalue weighted by Crippen LogP contribution is 2.39. The van der Waals surface area contributed by atoms with Crippen molar-refractivity contribution in [2.75, 3.05) is 11.9 Å². The van der Waals surface area contributed by atoms with Crippen molar-refractivity contribution >= 4 is 33.2 Å². The predicted octanol–water partition coefficient (Wildman–Crippen LogP) is 15.3. The SMILES string of the molecule is CN(c1cccc(-c2ccc3c(c2)c2ccccc2n3-c2ccccc2)c1)c1ccccc1-c1ccc(-c2ccc(-c3cc(-c4ccccc4)nc(-c4ccccc4)n3)cc2)cc1. The first-order valence-corrected chi connectivity index (χ1v) is 21.4. The van der Waals surface area contributed by atoms with Gasteiger partial charge in [-0.05, 0) is 82.4 Å². The van der Waals surface area contributed by atoms with Gasteiger partial charge in [0.15, 0.2) is 5.82 Å². The molecule has 0 saturated heterocycles. The first-order chi connectivity index (χ1) is 31.1. The third-order valence-corrected chi connectivity index (χ3v) is 12.1. The maximum atomic E-state index is 5.03. The molecule has 0 unspecified atom stereocenters. The molecule has 2 aromatic heterocycles. The lowest BCUT2D eigenvalue weighted by Gasteiger charge is -2.23. The van der Waals surface area contributed by atoms with Crippen molar-refractivity contribution in [3.8, 4) is 73.0 Å². The van der Waals surface area contributed by atoms with Gasteiger partial charge in [0, 0.05) is 57.1 Å². The maximum absolute atomic E-state index is 5.03. The summed E-state index contributed by atoms with van der Waals surface area (Å²) in [6.45, 7) is 0.